The molecule has 0 saturated carbocycles. The number of carboxylic acids is 2. The molecule has 0 aromatic heterocycles. The van der Waals surface area contributed by atoms with E-state index in [1.54, 1.807) is 45.0 Å². The van der Waals surface area contributed by atoms with Crippen LogP contribution in [0.25, 0.3) is 0 Å². The van der Waals surface area contributed by atoms with Crippen molar-refractivity contribution >= 4 is 23.8 Å². The Kier molecular flexibility index (Phi) is 12.1. The van der Waals surface area contributed by atoms with Crippen LogP contribution < -0.4 is 16.5 Å². The number of nitrogens with zero attached hydrogens (tertiary/aromatic N) is 1. The molecule has 5 atom stereocenters. The van der Waals surface area contributed by atoms with Gasteiger partial charge in [-0.15, -0.1) is 0 Å². The van der Waals surface area contributed by atoms with Gasteiger partial charge in [0.25, 0.3) is 5.91 Å². The van der Waals surface area contributed by atoms with Crippen molar-refractivity contribution < 1.29 is 29.4 Å². The van der Waals surface area contributed by atoms with Crippen LogP contribution in [0.1, 0.15) is 45.2 Å². The quantitative estimate of drug-likeness (QED) is 0.215. The number of aliphatic carboxylic acids is 2. The highest BCUT2D eigenvalue weighted by Gasteiger charge is 2.39. The second-order valence-corrected chi connectivity index (χ2v) is 10.1. The maximum absolute atomic E-state index is 13.6. The predicted octanol–water partition coefficient (Wildman–Crippen LogP) is 2.23. The third kappa shape index (κ3) is 9.19. The van der Waals surface area contributed by atoms with E-state index in [0.717, 1.165) is 16.1 Å². The molecule has 0 bridgehead atoms. The molecule has 2 aromatic rings. The largest absolute Gasteiger partial charge is 0.480 e. The first kappa shape index (κ1) is 31.5. The third-order valence-electron chi connectivity index (χ3n) is 6.69. The Morgan fingerprint density at radius 3 is 1.79 bits per heavy atom. The first-order valence-corrected chi connectivity index (χ1v) is 13.1. The minimum Gasteiger partial charge on any atom is -0.480 e. The van der Waals surface area contributed by atoms with Crippen molar-refractivity contribution in [2.45, 2.75) is 71.1 Å². The summed E-state index contributed by atoms with van der Waals surface area (Å²) in [6, 6.07) is 13.3. The summed E-state index contributed by atoms with van der Waals surface area (Å²) in [5, 5.41) is 23.3. The summed E-state index contributed by atoms with van der Waals surface area (Å²) in [5.41, 5.74) is 10.6. The van der Waals surface area contributed by atoms with Crippen molar-refractivity contribution in [1.29, 1.82) is 0 Å². The van der Waals surface area contributed by atoms with Crippen molar-refractivity contribution in [2.24, 2.45) is 17.6 Å². The van der Waals surface area contributed by atoms with E-state index in [1.807, 2.05) is 43.3 Å². The van der Waals surface area contributed by atoms with E-state index in [-0.39, 0.29) is 18.8 Å². The lowest BCUT2D eigenvalue weighted by Crippen LogP contribution is -2.65. The number of carbonyl (C=O) groups is 4. The average molecular weight is 541 g/mol. The lowest BCUT2D eigenvalue weighted by molar-refractivity contribution is -0.158. The molecule has 0 aliphatic carbocycles. The standard InChI is InChI=1S/C29H40N4O6/c1-5-19(4)24(26(34)31-23(28(36)37)17-21-14-10-7-11-15-21)32-33(25(18(2)3)29(38)39)27(35)22(30)16-20-12-8-6-9-13-20/h6-15,18-19,22-25,32H,5,16-17,30H2,1-4H3,(H,31,34)(H,36,37)(H,38,39)/t19-,22-,23-,24-,25-/m0/s1. The lowest BCUT2D eigenvalue weighted by atomic mass is 9.97. The van der Waals surface area contributed by atoms with Gasteiger partial charge in [-0.2, -0.15) is 0 Å². The molecular formula is C29H40N4O6. The lowest BCUT2D eigenvalue weighted by Gasteiger charge is -2.37. The van der Waals surface area contributed by atoms with Gasteiger partial charge in [-0.05, 0) is 29.4 Å². The maximum Gasteiger partial charge on any atom is 0.328 e. The van der Waals surface area contributed by atoms with Crippen LogP contribution in [0.2, 0.25) is 0 Å². The van der Waals surface area contributed by atoms with Crippen LogP contribution in [0.3, 0.4) is 0 Å². The molecular weight excluding hydrogens is 500 g/mol. The SMILES string of the molecule is CC[C@H](C)[C@H](NN(C(=O)[C@@H](N)Cc1ccccc1)[C@H](C(=O)O)C(C)C)C(=O)N[C@@H](Cc1ccccc1)C(=O)O. The molecule has 0 heterocycles. The van der Waals surface area contributed by atoms with E-state index in [2.05, 4.69) is 10.7 Å². The minimum absolute atomic E-state index is 0.0590. The van der Waals surface area contributed by atoms with Gasteiger partial charge in [0.1, 0.15) is 18.1 Å². The van der Waals surface area contributed by atoms with Gasteiger partial charge in [-0.1, -0.05) is 94.8 Å². The van der Waals surface area contributed by atoms with Gasteiger partial charge in [-0.3, -0.25) is 14.6 Å². The van der Waals surface area contributed by atoms with Crippen molar-refractivity contribution in [3.63, 3.8) is 0 Å². The molecule has 0 radical (unpaired) electrons. The molecule has 10 heteroatoms. The Labute approximate surface area is 229 Å². The van der Waals surface area contributed by atoms with Gasteiger partial charge in [0.05, 0.1) is 6.04 Å². The Balaban J connectivity index is 2.36. The molecule has 0 aliphatic rings. The van der Waals surface area contributed by atoms with Gasteiger partial charge in [0.2, 0.25) is 5.91 Å². The maximum atomic E-state index is 13.6. The number of hydrogen-bond donors (Lipinski definition) is 5. The summed E-state index contributed by atoms with van der Waals surface area (Å²) in [5.74, 6) is -4.70. The molecule has 0 fully saturated rings. The number of hydrazine groups is 1. The fourth-order valence-corrected chi connectivity index (χ4v) is 4.25. The Bertz CT molecular complexity index is 1100. The summed E-state index contributed by atoms with van der Waals surface area (Å²) >= 11 is 0. The van der Waals surface area contributed by atoms with Crippen LogP contribution in [0.15, 0.2) is 60.7 Å². The average Bonchev–Trinajstić information content (AvgIpc) is 2.90. The zero-order valence-corrected chi connectivity index (χ0v) is 22.9. The summed E-state index contributed by atoms with van der Waals surface area (Å²) < 4.78 is 0. The number of amides is 2. The second kappa shape index (κ2) is 15.0. The number of nitrogens with one attached hydrogen (secondary N) is 2. The molecule has 0 saturated heterocycles. The van der Waals surface area contributed by atoms with E-state index in [4.69, 9.17) is 5.73 Å². The molecule has 0 spiro atoms. The number of carboxylic acid groups (broad SMARTS) is 2. The number of nitrogens with two attached hydrogens (primary N) is 1. The van der Waals surface area contributed by atoms with E-state index in [0.29, 0.717) is 6.42 Å². The van der Waals surface area contributed by atoms with E-state index >= 15 is 0 Å². The molecule has 2 aromatic carbocycles. The Morgan fingerprint density at radius 2 is 1.36 bits per heavy atom. The first-order chi connectivity index (χ1) is 18.5. The monoisotopic (exact) mass is 540 g/mol. The zero-order valence-electron chi connectivity index (χ0n) is 22.9. The Hall–Kier alpha value is -3.76. The fourth-order valence-electron chi connectivity index (χ4n) is 4.25. The van der Waals surface area contributed by atoms with E-state index in [1.165, 1.54) is 0 Å². The summed E-state index contributed by atoms with van der Waals surface area (Å²) in [7, 11) is 0. The molecule has 212 valence electrons. The van der Waals surface area contributed by atoms with Crippen LogP contribution in [-0.2, 0) is 32.0 Å². The normalized spacial score (nSPS) is 15.0. The van der Waals surface area contributed by atoms with Crippen LogP contribution in [0.5, 0.6) is 0 Å². The topological polar surface area (TPSA) is 162 Å². The summed E-state index contributed by atoms with van der Waals surface area (Å²) in [6.07, 6.45) is 0.725. The van der Waals surface area contributed by atoms with Crippen molar-refractivity contribution in [1.82, 2.24) is 15.8 Å². The molecule has 0 aliphatic heterocycles. The van der Waals surface area contributed by atoms with Gasteiger partial charge >= 0.3 is 11.9 Å². The van der Waals surface area contributed by atoms with Crippen molar-refractivity contribution in [3.8, 4) is 0 Å². The molecule has 10 nitrogen and oxygen atoms in total. The molecule has 39 heavy (non-hydrogen) atoms. The van der Waals surface area contributed by atoms with Crippen molar-refractivity contribution in [3.05, 3.63) is 71.8 Å². The predicted molar refractivity (Wildman–Crippen MR) is 147 cm³/mol. The van der Waals surface area contributed by atoms with Gasteiger partial charge < -0.3 is 21.3 Å². The molecule has 6 N–H and O–H groups in total. The van der Waals surface area contributed by atoms with Crippen LogP contribution in [-0.4, -0.2) is 63.1 Å². The highest BCUT2D eigenvalue weighted by atomic mass is 16.4. The number of carbonyl (C=O) groups excluding carboxylic acids is 2. The fraction of sp³-hybridized carbons (Fsp3) is 0.448. The molecule has 2 amide bonds. The van der Waals surface area contributed by atoms with Crippen molar-refractivity contribution in [2.75, 3.05) is 0 Å². The Morgan fingerprint density at radius 1 is 0.846 bits per heavy atom. The van der Waals surface area contributed by atoms with E-state index in [9.17, 15) is 29.4 Å². The molecule has 0 unspecified atom stereocenters. The smallest absolute Gasteiger partial charge is 0.328 e. The van der Waals surface area contributed by atoms with Crippen LogP contribution >= 0.6 is 0 Å². The molecule has 2 rings (SSSR count). The summed E-state index contributed by atoms with van der Waals surface area (Å²) in [6.45, 7) is 6.92. The highest BCUT2D eigenvalue weighted by Crippen LogP contribution is 2.17. The first-order valence-electron chi connectivity index (χ1n) is 13.1. The zero-order chi connectivity index (χ0) is 29.1. The van der Waals surface area contributed by atoms with Gasteiger partial charge in [0, 0.05) is 6.42 Å². The third-order valence-corrected chi connectivity index (χ3v) is 6.69. The minimum atomic E-state index is -1.32. The van der Waals surface area contributed by atoms with Crippen LogP contribution in [0, 0.1) is 11.8 Å². The van der Waals surface area contributed by atoms with Crippen LogP contribution in [0.4, 0.5) is 0 Å². The van der Waals surface area contributed by atoms with Gasteiger partial charge in [0.15, 0.2) is 0 Å². The van der Waals surface area contributed by atoms with E-state index < -0.39 is 53.8 Å². The number of rotatable bonds is 15. The highest BCUT2D eigenvalue weighted by molar-refractivity contribution is 5.89. The van der Waals surface area contributed by atoms with Gasteiger partial charge in [-0.25, -0.2) is 15.0 Å². The summed E-state index contributed by atoms with van der Waals surface area (Å²) in [4.78, 5) is 51.3. The number of hydrogen-bond acceptors (Lipinski definition) is 6. The number of benzene rings is 2. The second-order valence-electron chi connectivity index (χ2n) is 10.1.